The Labute approximate surface area is 251 Å². The molecular formula is C32H22N8S2. The van der Waals surface area contributed by atoms with Gasteiger partial charge in [0.1, 0.15) is 0 Å². The van der Waals surface area contributed by atoms with E-state index in [9.17, 15) is 0 Å². The highest BCUT2D eigenvalue weighted by molar-refractivity contribution is 7.16. The fourth-order valence-electron chi connectivity index (χ4n) is 3.92. The largest absolute Gasteiger partial charge is 0.213 e. The summed E-state index contributed by atoms with van der Waals surface area (Å²) in [6, 6.07) is 23.7. The van der Waals surface area contributed by atoms with E-state index in [0.717, 1.165) is 44.2 Å². The molecule has 0 saturated heterocycles. The van der Waals surface area contributed by atoms with Crippen LogP contribution in [0, 0.1) is 30.6 Å². The number of aryl methyl sites for hydroxylation is 2. The van der Waals surface area contributed by atoms with Crippen LogP contribution in [-0.4, -0.2) is 40.8 Å². The third-order valence-corrected chi connectivity index (χ3v) is 8.23. The van der Waals surface area contributed by atoms with Gasteiger partial charge in [0.25, 0.3) is 0 Å². The molecule has 2 aromatic carbocycles. The quantitative estimate of drug-likeness (QED) is 0.211. The molecule has 42 heavy (non-hydrogen) atoms. The molecule has 0 saturated carbocycles. The maximum Gasteiger partial charge on any atom is 0.213 e. The van der Waals surface area contributed by atoms with E-state index in [1.54, 1.807) is 11.3 Å². The molecule has 0 bridgehead atoms. The van der Waals surface area contributed by atoms with Gasteiger partial charge in [-0.2, -0.15) is 0 Å². The van der Waals surface area contributed by atoms with Crippen molar-refractivity contribution in [1.82, 2.24) is 40.8 Å². The number of nitrogens with zero attached hydrogens (tertiary/aromatic N) is 8. The first-order valence-electron chi connectivity index (χ1n) is 13.1. The van der Waals surface area contributed by atoms with Gasteiger partial charge in [0.05, 0.1) is 14.6 Å². The fraction of sp³-hybridized carbons (Fsp3) is 0.125. The molecule has 0 spiro atoms. The van der Waals surface area contributed by atoms with Crippen LogP contribution in [0.2, 0.25) is 0 Å². The van der Waals surface area contributed by atoms with E-state index in [0.29, 0.717) is 23.3 Å². The minimum atomic E-state index is 0.477. The van der Waals surface area contributed by atoms with Crippen LogP contribution < -0.4 is 0 Å². The van der Waals surface area contributed by atoms with E-state index in [-0.39, 0.29) is 0 Å². The first kappa shape index (κ1) is 27.0. The molecule has 0 atom stereocenters. The van der Waals surface area contributed by atoms with Gasteiger partial charge in [-0.3, -0.25) is 0 Å². The SMILES string of the molecule is CC#Cc1ccc(-c2nnc(-c3ccc(CCC#Cc4ccc(-c5nnc(-c6ccc(C)cc6)nn5)cc4)s3)nn2)s1. The van der Waals surface area contributed by atoms with E-state index in [4.69, 9.17) is 0 Å². The number of hydrogen-bond donors (Lipinski definition) is 0. The molecule has 10 heteroatoms. The maximum atomic E-state index is 4.29. The lowest BCUT2D eigenvalue weighted by Gasteiger charge is -2.01. The van der Waals surface area contributed by atoms with Gasteiger partial charge < -0.3 is 0 Å². The zero-order valence-corrected chi connectivity index (χ0v) is 24.4. The van der Waals surface area contributed by atoms with Gasteiger partial charge in [-0.1, -0.05) is 47.6 Å². The van der Waals surface area contributed by atoms with E-state index >= 15 is 0 Å². The molecular weight excluding hydrogens is 561 g/mol. The Balaban J connectivity index is 1.03. The van der Waals surface area contributed by atoms with Crippen LogP contribution in [0.5, 0.6) is 0 Å². The lowest BCUT2D eigenvalue weighted by Crippen LogP contribution is -1.99. The predicted molar refractivity (Wildman–Crippen MR) is 165 cm³/mol. The first-order chi connectivity index (χ1) is 20.6. The van der Waals surface area contributed by atoms with Crippen molar-refractivity contribution in [3.8, 4) is 67.9 Å². The number of benzene rings is 2. The number of aromatic nitrogens is 8. The standard InChI is InChI=1S/C32H22N8S2/c1-3-6-25-17-19-27(41-25)31-37-39-32(40-38-31)28-20-18-26(42-28)8-5-4-7-22-11-15-24(16-12-22)30-35-33-29(34-36-30)23-13-9-21(2)10-14-23/h9-20H,5,8H2,1-2H3. The Hall–Kier alpha value is -5.16. The molecule has 0 fully saturated rings. The lowest BCUT2D eigenvalue weighted by atomic mass is 10.1. The smallest absolute Gasteiger partial charge is 0.137 e. The molecule has 0 aliphatic heterocycles. The van der Waals surface area contributed by atoms with E-state index in [2.05, 4.69) is 70.5 Å². The van der Waals surface area contributed by atoms with Gasteiger partial charge >= 0.3 is 0 Å². The van der Waals surface area contributed by atoms with Gasteiger partial charge in [0, 0.05) is 28.0 Å². The summed E-state index contributed by atoms with van der Waals surface area (Å²) in [5, 5.41) is 34.1. The van der Waals surface area contributed by atoms with Crippen molar-refractivity contribution in [2.24, 2.45) is 0 Å². The summed E-state index contributed by atoms with van der Waals surface area (Å²) in [6.07, 6.45) is 1.57. The average Bonchev–Trinajstić information content (AvgIpc) is 3.71. The minimum absolute atomic E-state index is 0.477. The molecule has 202 valence electrons. The summed E-state index contributed by atoms with van der Waals surface area (Å²) in [7, 11) is 0. The Kier molecular flexibility index (Phi) is 8.09. The Morgan fingerprint density at radius 3 is 1.74 bits per heavy atom. The molecule has 4 heterocycles. The molecule has 8 nitrogen and oxygen atoms in total. The van der Waals surface area contributed by atoms with Crippen LogP contribution in [0.25, 0.3) is 44.2 Å². The second-order valence-corrected chi connectivity index (χ2v) is 11.4. The normalized spacial score (nSPS) is 10.4. The van der Waals surface area contributed by atoms with E-state index < -0.39 is 0 Å². The molecule has 0 N–H and O–H groups in total. The van der Waals surface area contributed by atoms with Gasteiger partial charge in [0.2, 0.25) is 23.3 Å². The van der Waals surface area contributed by atoms with Crippen molar-refractivity contribution in [3.05, 3.63) is 93.7 Å². The summed E-state index contributed by atoms with van der Waals surface area (Å²) < 4.78 is 0. The van der Waals surface area contributed by atoms with Crippen molar-refractivity contribution in [2.75, 3.05) is 0 Å². The third-order valence-electron chi connectivity index (χ3n) is 6.10. The summed E-state index contributed by atoms with van der Waals surface area (Å²) >= 11 is 3.16. The maximum absolute atomic E-state index is 4.29. The lowest BCUT2D eigenvalue weighted by molar-refractivity contribution is 0.876. The van der Waals surface area contributed by atoms with Crippen LogP contribution in [0.4, 0.5) is 0 Å². The highest BCUT2D eigenvalue weighted by Gasteiger charge is 2.11. The van der Waals surface area contributed by atoms with E-state index in [1.807, 2.05) is 80.6 Å². The molecule has 6 aromatic rings. The molecule has 0 aliphatic carbocycles. The van der Waals surface area contributed by atoms with Gasteiger partial charge in [-0.15, -0.1) is 69.4 Å². The molecule has 6 rings (SSSR count). The topological polar surface area (TPSA) is 103 Å². The zero-order valence-electron chi connectivity index (χ0n) is 22.7. The van der Waals surface area contributed by atoms with Crippen LogP contribution in [-0.2, 0) is 6.42 Å². The van der Waals surface area contributed by atoms with Crippen LogP contribution in [0.3, 0.4) is 0 Å². The molecule has 0 aliphatic rings. The second-order valence-electron chi connectivity index (χ2n) is 9.14. The molecule has 4 aromatic heterocycles. The molecule has 0 radical (unpaired) electrons. The van der Waals surface area contributed by atoms with Crippen molar-refractivity contribution < 1.29 is 0 Å². The fourth-order valence-corrected chi connectivity index (χ4v) is 5.69. The highest BCUT2D eigenvalue weighted by atomic mass is 32.1. The average molecular weight is 583 g/mol. The van der Waals surface area contributed by atoms with Gasteiger partial charge in [-0.25, -0.2) is 0 Å². The number of thiophene rings is 2. The Morgan fingerprint density at radius 2 is 1.12 bits per heavy atom. The molecule has 0 unspecified atom stereocenters. The summed E-state index contributed by atoms with van der Waals surface area (Å²) in [4.78, 5) is 4.00. The summed E-state index contributed by atoms with van der Waals surface area (Å²) in [5.41, 5.74) is 3.83. The van der Waals surface area contributed by atoms with Crippen molar-refractivity contribution in [1.29, 1.82) is 0 Å². The van der Waals surface area contributed by atoms with Crippen LogP contribution in [0.1, 0.15) is 34.2 Å². The van der Waals surface area contributed by atoms with Gasteiger partial charge in [0.15, 0.2) is 0 Å². The minimum Gasteiger partial charge on any atom is -0.137 e. The monoisotopic (exact) mass is 582 g/mol. The number of rotatable bonds is 6. The van der Waals surface area contributed by atoms with Crippen molar-refractivity contribution >= 4 is 22.7 Å². The Bertz CT molecular complexity index is 1940. The van der Waals surface area contributed by atoms with E-state index in [1.165, 1.54) is 21.8 Å². The van der Waals surface area contributed by atoms with Gasteiger partial charge in [-0.05, 0) is 68.8 Å². The zero-order chi connectivity index (χ0) is 28.7. The summed E-state index contributed by atoms with van der Waals surface area (Å²) in [5.74, 6) is 14.4. The van der Waals surface area contributed by atoms with Crippen molar-refractivity contribution in [2.45, 2.75) is 26.7 Å². The van der Waals surface area contributed by atoms with Crippen LogP contribution in [0.15, 0.2) is 72.8 Å². The predicted octanol–water partition coefficient (Wildman–Crippen LogP) is 6.30. The van der Waals surface area contributed by atoms with Crippen molar-refractivity contribution in [3.63, 3.8) is 0 Å². The van der Waals surface area contributed by atoms with Crippen LogP contribution >= 0.6 is 22.7 Å². The second kappa shape index (κ2) is 12.6. The third kappa shape index (κ3) is 6.42. The Morgan fingerprint density at radius 1 is 0.571 bits per heavy atom. The number of hydrogen-bond acceptors (Lipinski definition) is 10. The molecule has 0 amide bonds. The highest BCUT2D eigenvalue weighted by Crippen LogP contribution is 2.27. The first-order valence-corrected chi connectivity index (χ1v) is 14.7. The summed E-state index contributed by atoms with van der Waals surface area (Å²) in [6.45, 7) is 3.85.